The Morgan fingerprint density at radius 2 is 2.12 bits per heavy atom. The molecule has 3 heterocycles. The van der Waals surface area contributed by atoms with Crippen molar-refractivity contribution in [3.63, 3.8) is 0 Å². The number of aryl methyl sites for hydroxylation is 2. The second kappa shape index (κ2) is 6.54. The van der Waals surface area contributed by atoms with Gasteiger partial charge in [-0.05, 0) is 37.1 Å². The normalized spacial score (nSPS) is 17.8. The zero-order valence-electron chi connectivity index (χ0n) is 14.8. The van der Waals surface area contributed by atoms with Crippen LogP contribution in [-0.2, 0) is 4.74 Å². The molecule has 26 heavy (non-hydrogen) atoms. The average molecular weight is 355 g/mol. The van der Waals surface area contributed by atoms with E-state index in [-0.39, 0.29) is 18.4 Å². The topological polar surface area (TPSA) is 96.0 Å². The predicted octanol–water partition coefficient (Wildman–Crippen LogP) is 1.31. The van der Waals surface area contributed by atoms with Gasteiger partial charge in [0.1, 0.15) is 5.75 Å². The zero-order chi connectivity index (χ0) is 18.3. The van der Waals surface area contributed by atoms with Gasteiger partial charge in [0.15, 0.2) is 0 Å². The maximum Gasteiger partial charge on any atom is 0.254 e. The number of anilines is 1. The number of aromatic hydroxyl groups is 1. The minimum atomic E-state index is -0.163. The van der Waals surface area contributed by atoms with Crippen molar-refractivity contribution in [3.8, 4) is 17.0 Å². The van der Waals surface area contributed by atoms with Crippen LogP contribution in [0.4, 0.5) is 5.95 Å². The number of phenolic OH excluding ortho intramolecular Hbond substituents is 1. The van der Waals surface area contributed by atoms with E-state index in [4.69, 9.17) is 4.74 Å². The zero-order valence-corrected chi connectivity index (χ0v) is 14.8. The summed E-state index contributed by atoms with van der Waals surface area (Å²) in [6.45, 7) is 5.50. The van der Waals surface area contributed by atoms with E-state index in [0.717, 1.165) is 11.1 Å². The molecule has 0 bridgehead atoms. The number of aliphatic hydroxyl groups excluding tert-OH is 1. The molecule has 1 fully saturated rings. The van der Waals surface area contributed by atoms with Gasteiger partial charge in [-0.3, -0.25) is 0 Å². The van der Waals surface area contributed by atoms with E-state index in [1.54, 1.807) is 16.8 Å². The summed E-state index contributed by atoms with van der Waals surface area (Å²) in [5, 5.41) is 24.4. The van der Waals surface area contributed by atoms with Crippen LogP contribution in [0.15, 0.2) is 24.4 Å². The molecule has 0 aliphatic carbocycles. The fourth-order valence-corrected chi connectivity index (χ4v) is 3.38. The third kappa shape index (κ3) is 2.87. The van der Waals surface area contributed by atoms with Crippen LogP contribution in [0.2, 0.25) is 0 Å². The Morgan fingerprint density at radius 3 is 2.88 bits per heavy atom. The lowest BCUT2D eigenvalue weighted by Gasteiger charge is -2.33. The highest BCUT2D eigenvalue weighted by Crippen LogP contribution is 2.32. The van der Waals surface area contributed by atoms with E-state index >= 15 is 0 Å². The Hall–Kier alpha value is -2.71. The van der Waals surface area contributed by atoms with Crippen molar-refractivity contribution in [3.05, 3.63) is 35.5 Å². The van der Waals surface area contributed by atoms with Gasteiger partial charge in [-0.15, -0.1) is 5.10 Å². The first kappa shape index (κ1) is 16.7. The van der Waals surface area contributed by atoms with Crippen LogP contribution >= 0.6 is 0 Å². The van der Waals surface area contributed by atoms with Crippen LogP contribution in [0.1, 0.15) is 11.1 Å². The van der Waals surface area contributed by atoms with Gasteiger partial charge >= 0.3 is 0 Å². The summed E-state index contributed by atoms with van der Waals surface area (Å²) in [5.74, 6) is 1.16. The second-order valence-corrected chi connectivity index (χ2v) is 6.55. The van der Waals surface area contributed by atoms with Crippen LogP contribution in [0.25, 0.3) is 17.0 Å². The molecule has 4 rings (SSSR count). The Labute approximate surface area is 150 Å². The SMILES string of the molecule is Cc1cc(C)c(-c2ccn3nc(N4CCOC[C@@H]4CO)nc3n2)c(O)c1. The number of nitrogens with zero attached hydrogens (tertiary/aromatic N) is 5. The molecule has 0 spiro atoms. The first-order chi connectivity index (χ1) is 12.6. The molecule has 8 heteroatoms. The Bertz CT molecular complexity index is 932. The molecule has 2 N–H and O–H groups in total. The number of phenols is 1. The number of benzene rings is 1. The Morgan fingerprint density at radius 1 is 1.27 bits per heavy atom. The molecular formula is C18H21N5O3. The van der Waals surface area contributed by atoms with Crippen LogP contribution < -0.4 is 4.90 Å². The number of aromatic nitrogens is 4. The van der Waals surface area contributed by atoms with Gasteiger partial charge in [-0.2, -0.15) is 4.98 Å². The fourth-order valence-electron chi connectivity index (χ4n) is 3.38. The van der Waals surface area contributed by atoms with Crippen molar-refractivity contribution in [1.29, 1.82) is 0 Å². The molecule has 136 valence electrons. The summed E-state index contributed by atoms with van der Waals surface area (Å²) in [5.41, 5.74) is 3.29. The predicted molar refractivity (Wildman–Crippen MR) is 96.4 cm³/mol. The highest BCUT2D eigenvalue weighted by atomic mass is 16.5. The molecule has 1 aliphatic rings. The van der Waals surface area contributed by atoms with Gasteiger partial charge in [0, 0.05) is 18.3 Å². The number of aliphatic hydroxyl groups is 1. The lowest BCUT2D eigenvalue weighted by Crippen LogP contribution is -2.48. The van der Waals surface area contributed by atoms with Crippen LogP contribution in [0.5, 0.6) is 5.75 Å². The van der Waals surface area contributed by atoms with Crippen LogP contribution in [0, 0.1) is 13.8 Å². The first-order valence-electron chi connectivity index (χ1n) is 8.56. The summed E-state index contributed by atoms with van der Waals surface area (Å²) in [6, 6.07) is 5.38. The molecule has 0 unspecified atom stereocenters. The van der Waals surface area contributed by atoms with Gasteiger partial charge in [0.2, 0.25) is 5.95 Å². The van der Waals surface area contributed by atoms with E-state index in [1.165, 1.54) is 0 Å². The quantitative estimate of drug-likeness (QED) is 0.731. The maximum absolute atomic E-state index is 10.3. The Balaban J connectivity index is 1.75. The van der Waals surface area contributed by atoms with E-state index in [9.17, 15) is 10.2 Å². The molecule has 1 aliphatic heterocycles. The molecule has 3 aromatic rings. The third-order valence-corrected chi connectivity index (χ3v) is 4.61. The molecule has 8 nitrogen and oxygen atoms in total. The van der Waals surface area contributed by atoms with Crippen molar-refractivity contribution in [1.82, 2.24) is 19.6 Å². The minimum Gasteiger partial charge on any atom is -0.507 e. The summed E-state index contributed by atoms with van der Waals surface area (Å²) in [6.07, 6.45) is 1.78. The van der Waals surface area contributed by atoms with Gasteiger partial charge in [-0.1, -0.05) is 6.07 Å². The summed E-state index contributed by atoms with van der Waals surface area (Å²) >= 11 is 0. The molecule has 1 saturated heterocycles. The van der Waals surface area contributed by atoms with Crippen molar-refractivity contribution in [2.45, 2.75) is 19.9 Å². The third-order valence-electron chi connectivity index (χ3n) is 4.61. The highest BCUT2D eigenvalue weighted by Gasteiger charge is 2.26. The second-order valence-electron chi connectivity index (χ2n) is 6.55. The van der Waals surface area contributed by atoms with E-state index in [2.05, 4.69) is 15.1 Å². The van der Waals surface area contributed by atoms with Crippen molar-refractivity contribution >= 4 is 11.7 Å². The molecule has 0 saturated carbocycles. The van der Waals surface area contributed by atoms with E-state index in [0.29, 0.717) is 42.7 Å². The molecule has 2 aromatic heterocycles. The lowest BCUT2D eigenvalue weighted by atomic mass is 10.0. The van der Waals surface area contributed by atoms with Crippen molar-refractivity contribution in [2.75, 3.05) is 31.3 Å². The van der Waals surface area contributed by atoms with Crippen LogP contribution in [0.3, 0.4) is 0 Å². The lowest BCUT2D eigenvalue weighted by molar-refractivity contribution is 0.0718. The first-order valence-corrected chi connectivity index (χ1v) is 8.56. The van der Waals surface area contributed by atoms with Crippen molar-refractivity contribution in [2.24, 2.45) is 0 Å². The monoisotopic (exact) mass is 355 g/mol. The summed E-state index contributed by atoms with van der Waals surface area (Å²) < 4.78 is 7.00. The van der Waals surface area contributed by atoms with E-state index < -0.39 is 0 Å². The van der Waals surface area contributed by atoms with Crippen molar-refractivity contribution < 1.29 is 14.9 Å². The number of fused-ring (bicyclic) bond motifs is 1. The Kier molecular flexibility index (Phi) is 4.21. The standard InChI is InChI=1S/C18H21N5O3/c1-11-7-12(2)16(15(25)8-11)14-3-4-23-17(19-14)20-18(21-23)22-5-6-26-10-13(22)9-24/h3-4,7-8,13,24-25H,5-6,9-10H2,1-2H3/t13-/m0/s1. The number of morpholine rings is 1. The summed E-state index contributed by atoms with van der Waals surface area (Å²) in [4.78, 5) is 11.0. The molecular weight excluding hydrogens is 334 g/mol. The number of hydrogen-bond acceptors (Lipinski definition) is 7. The summed E-state index contributed by atoms with van der Waals surface area (Å²) in [7, 11) is 0. The molecule has 1 atom stereocenters. The van der Waals surface area contributed by atoms with E-state index in [1.807, 2.05) is 30.9 Å². The molecule has 1 aromatic carbocycles. The number of hydrogen-bond donors (Lipinski definition) is 2. The average Bonchev–Trinajstić information content (AvgIpc) is 3.04. The molecule has 0 radical (unpaired) electrons. The molecule has 0 amide bonds. The maximum atomic E-state index is 10.3. The smallest absolute Gasteiger partial charge is 0.254 e. The highest BCUT2D eigenvalue weighted by molar-refractivity contribution is 5.72. The van der Waals surface area contributed by atoms with Gasteiger partial charge in [0.05, 0.1) is 31.6 Å². The van der Waals surface area contributed by atoms with Gasteiger partial charge < -0.3 is 19.8 Å². The largest absolute Gasteiger partial charge is 0.507 e. The number of ether oxygens (including phenoxy) is 1. The van der Waals surface area contributed by atoms with Crippen LogP contribution in [-0.4, -0.2) is 62.2 Å². The fraction of sp³-hybridized carbons (Fsp3) is 0.389. The number of rotatable bonds is 3. The minimum absolute atomic E-state index is 0.0232. The van der Waals surface area contributed by atoms with Gasteiger partial charge in [-0.25, -0.2) is 9.50 Å². The van der Waals surface area contributed by atoms with Gasteiger partial charge in [0.25, 0.3) is 5.78 Å².